The van der Waals surface area contributed by atoms with Gasteiger partial charge in [0.05, 0.1) is 34.9 Å². The van der Waals surface area contributed by atoms with Gasteiger partial charge in [-0.25, -0.2) is 9.97 Å². The predicted molar refractivity (Wildman–Crippen MR) is 141 cm³/mol. The Kier molecular flexibility index (Phi) is 4.64. The van der Waals surface area contributed by atoms with Crippen molar-refractivity contribution in [1.29, 1.82) is 0 Å². The SMILES string of the molecule is COc1ccc(C(=O)[C@@H]2[C@@H](C(=O)c3ccccc3)[C@@]23c2ccccc2-c2nc4ccccc4nc23)cc1. The fourth-order valence-corrected chi connectivity index (χ4v) is 6.10. The second-order valence-electron chi connectivity index (χ2n) is 9.60. The molecule has 0 N–H and O–H groups in total. The van der Waals surface area contributed by atoms with E-state index < -0.39 is 17.3 Å². The Bertz CT molecular complexity index is 1710. The molecule has 178 valence electrons. The van der Waals surface area contributed by atoms with Crippen LogP contribution < -0.4 is 4.74 Å². The summed E-state index contributed by atoms with van der Waals surface area (Å²) in [7, 11) is 1.59. The number of methoxy groups -OCH3 is 1. The molecule has 5 aromatic rings. The van der Waals surface area contributed by atoms with Crippen LogP contribution >= 0.6 is 0 Å². The number of hydrogen-bond acceptors (Lipinski definition) is 5. The molecule has 0 saturated heterocycles. The maximum atomic E-state index is 14.2. The lowest BCUT2D eigenvalue weighted by atomic mass is 9.89. The van der Waals surface area contributed by atoms with Crippen molar-refractivity contribution in [1.82, 2.24) is 9.97 Å². The first-order valence-corrected chi connectivity index (χ1v) is 12.3. The van der Waals surface area contributed by atoms with E-state index in [2.05, 4.69) is 0 Å². The van der Waals surface area contributed by atoms with E-state index in [1.807, 2.05) is 78.9 Å². The molecule has 7 rings (SSSR count). The summed E-state index contributed by atoms with van der Waals surface area (Å²) in [6.07, 6.45) is 0. The Hall–Kier alpha value is -4.64. The summed E-state index contributed by atoms with van der Waals surface area (Å²) >= 11 is 0. The molecule has 5 heteroatoms. The van der Waals surface area contributed by atoms with Crippen molar-refractivity contribution in [2.45, 2.75) is 5.41 Å². The van der Waals surface area contributed by atoms with Gasteiger partial charge in [0.1, 0.15) is 5.75 Å². The summed E-state index contributed by atoms with van der Waals surface area (Å²) in [4.78, 5) is 38.3. The van der Waals surface area contributed by atoms with Crippen LogP contribution in [0.25, 0.3) is 22.3 Å². The minimum Gasteiger partial charge on any atom is -0.497 e. The molecule has 0 amide bonds. The summed E-state index contributed by atoms with van der Waals surface area (Å²) < 4.78 is 5.29. The van der Waals surface area contributed by atoms with E-state index in [0.717, 1.165) is 27.9 Å². The molecular weight excluding hydrogens is 460 g/mol. The quantitative estimate of drug-likeness (QED) is 0.291. The Morgan fingerprint density at radius 1 is 0.676 bits per heavy atom. The molecule has 3 atom stereocenters. The molecule has 1 saturated carbocycles. The third-order valence-corrected chi connectivity index (χ3v) is 7.79. The highest BCUT2D eigenvalue weighted by Gasteiger charge is 2.76. The first-order valence-electron chi connectivity index (χ1n) is 12.3. The van der Waals surface area contributed by atoms with Gasteiger partial charge in [-0.1, -0.05) is 66.7 Å². The number of ketones is 2. The van der Waals surface area contributed by atoms with Gasteiger partial charge >= 0.3 is 0 Å². The molecule has 0 radical (unpaired) electrons. The van der Waals surface area contributed by atoms with Gasteiger partial charge in [0.2, 0.25) is 0 Å². The van der Waals surface area contributed by atoms with Crippen molar-refractivity contribution in [3.8, 4) is 17.0 Å². The van der Waals surface area contributed by atoms with Crippen LogP contribution in [-0.2, 0) is 5.41 Å². The van der Waals surface area contributed by atoms with Gasteiger partial charge in [0, 0.05) is 28.5 Å². The molecular formula is C32H22N2O3. The van der Waals surface area contributed by atoms with Gasteiger partial charge in [-0.2, -0.15) is 0 Å². The van der Waals surface area contributed by atoms with Crippen LogP contribution in [0.2, 0.25) is 0 Å². The van der Waals surface area contributed by atoms with Gasteiger partial charge in [-0.05, 0) is 42.0 Å². The number of rotatable bonds is 5. The standard InChI is InChI=1S/C32H22N2O3/c1-37-21-17-15-20(16-18-21)30(36)27-26(29(35)19-9-3-2-4-10-19)32(27)23-12-6-5-11-22(23)28-31(32)34-25-14-8-7-13-24(25)33-28/h2-18,26-27H,1H3/t26-,27-,32-/m0/s1. The number of benzene rings is 4. The van der Waals surface area contributed by atoms with Crippen molar-refractivity contribution in [2.75, 3.05) is 7.11 Å². The molecule has 1 heterocycles. The number of Topliss-reactive ketones (excluding diaryl/α,β-unsaturated/α-hetero) is 2. The lowest BCUT2D eigenvalue weighted by Gasteiger charge is -2.14. The minimum absolute atomic E-state index is 0.0509. The molecule has 5 nitrogen and oxygen atoms in total. The normalized spacial score (nSPS) is 20.9. The average Bonchev–Trinajstić information content (AvgIpc) is 3.59. The van der Waals surface area contributed by atoms with E-state index in [4.69, 9.17) is 14.7 Å². The number of aromatic nitrogens is 2. The molecule has 1 fully saturated rings. The van der Waals surface area contributed by atoms with Crippen LogP contribution in [0.5, 0.6) is 5.75 Å². The Labute approximate surface area is 213 Å². The van der Waals surface area contributed by atoms with Gasteiger partial charge in [0.15, 0.2) is 11.6 Å². The molecule has 2 aliphatic carbocycles. The number of carbonyl (C=O) groups excluding carboxylic acids is 2. The van der Waals surface area contributed by atoms with Crippen molar-refractivity contribution in [3.63, 3.8) is 0 Å². The highest BCUT2D eigenvalue weighted by molar-refractivity contribution is 6.13. The Morgan fingerprint density at radius 3 is 1.92 bits per heavy atom. The van der Waals surface area contributed by atoms with Gasteiger partial charge in [-0.3, -0.25) is 9.59 Å². The van der Waals surface area contributed by atoms with E-state index in [1.54, 1.807) is 31.4 Å². The lowest BCUT2D eigenvalue weighted by molar-refractivity contribution is 0.0906. The zero-order valence-corrected chi connectivity index (χ0v) is 20.1. The highest BCUT2D eigenvalue weighted by Crippen LogP contribution is 2.70. The van der Waals surface area contributed by atoms with E-state index in [-0.39, 0.29) is 11.6 Å². The van der Waals surface area contributed by atoms with Gasteiger partial charge in [0.25, 0.3) is 0 Å². The maximum Gasteiger partial charge on any atom is 0.168 e. The van der Waals surface area contributed by atoms with Crippen LogP contribution in [0, 0.1) is 11.8 Å². The smallest absolute Gasteiger partial charge is 0.168 e. The number of ether oxygens (including phenoxy) is 1. The molecule has 1 spiro atoms. The average molecular weight is 483 g/mol. The monoisotopic (exact) mass is 482 g/mol. The van der Waals surface area contributed by atoms with Crippen LogP contribution in [0.4, 0.5) is 0 Å². The zero-order valence-electron chi connectivity index (χ0n) is 20.1. The van der Waals surface area contributed by atoms with Crippen LogP contribution in [-0.4, -0.2) is 28.6 Å². The molecule has 0 aliphatic heterocycles. The second kappa shape index (κ2) is 7.93. The summed E-state index contributed by atoms with van der Waals surface area (Å²) in [5, 5.41) is 0. The van der Waals surface area contributed by atoms with Crippen molar-refractivity contribution >= 4 is 22.6 Å². The third-order valence-electron chi connectivity index (χ3n) is 7.79. The van der Waals surface area contributed by atoms with E-state index in [9.17, 15) is 9.59 Å². The summed E-state index contributed by atoms with van der Waals surface area (Å²) in [6.45, 7) is 0. The van der Waals surface area contributed by atoms with Crippen molar-refractivity contribution in [3.05, 3.63) is 126 Å². The predicted octanol–water partition coefficient (Wildman–Crippen LogP) is 5.92. The van der Waals surface area contributed by atoms with Crippen molar-refractivity contribution < 1.29 is 14.3 Å². The summed E-state index contributed by atoms with van der Waals surface area (Å²) in [6, 6.07) is 32.0. The fourth-order valence-electron chi connectivity index (χ4n) is 6.10. The van der Waals surface area contributed by atoms with E-state index in [0.29, 0.717) is 22.6 Å². The van der Waals surface area contributed by atoms with E-state index >= 15 is 0 Å². The molecule has 1 aromatic heterocycles. The highest BCUT2D eigenvalue weighted by atomic mass is 16.5. The van der Waals surface area contributed by atoms with Gasteiger partial charge in [-0.15, -0.1) is 0 Å². The van der Waals surface area contributed by atoms with Crippen LogP contribution in [0.3, 0.4) is 0 Å². The number of para-hydroxylation sites is 2. The lowest BCUT2D eigenvalue weighted by Crippen LogP contribution is -2.18. The Morgan fingerprint density at radius 2 is 1.24 bits per heavy atom. The number of hydrogen-bond donors (Lipinski definition) is 0. The molecule has 0 unspecified atom stereocenters. The molecule has 37 heavy (non-hydrogen) atoms. The van der Waals surface area contributed by atoms with Crippen molar-refractivity contribution in [2.24, 2.45) is 11.8 Å². The second-order valence-corrected chi connectivity index (χ2v) is 9.60. The number of fused-ring (bicyclic) bond motifs is 6. The molecule has 4 aromatic carbocycles. The van der Waals surface area contributed by atoms with Crippen LogP contribution in [0.15, 0.2) is 103 Å². The fraction of sp³-hybridized carbons (Fsp3) is 0.125. The molecule has 2 aliphatic rings. The number of carbonyl (C=O) groups is 2. The van der Waals surface area contributed by atoms with Crippen LogP contribution in [0.1, 0.15) is 32.0 Å². The minimum atomic E-state index is -0.868. The first kappa shape index (κ1) is 21.6. The first-order chi connectivity index (χ1) is 18.1. The van der Waals surface area contributed by atoms with Gasteiger partial charge < -0.3 is 4.74 Å². The summed E-state index contributed by atoms with van der Waals surface area (Å²) in [5.41, 5.74) is 5.17. The number of nitrogens with zero attached hydrogens (tertiary/aromatic N) is 2. The largest absolute Gasteiger partial charge is 0.497 e. The maximum absolute atomic E-state index is 14.2. The zero-order chi connectivity index (χ0) is 25.1. The summed E-state index contributed by atoms with van der Waals surface area (Å²) in [5.74, 6) is -0.624. The Balaban J connectivity index is 1.47. The third kappa shape index (κ3) is 2.97. The van der Waals surface area contributed by atoms with E-state index in [1.165, 1.54) is 0 Å². The molecule has 0 bridgehead atoms. The topological polar surface area (TPSA) is 69.2 Å².